The smallest absolute Gasteiger partial charge is 0.234 e. The number of phenols is 1. The average molecular weight is 554 g/mol. The van der Waals surface area contributed by atoms with E-state index in [0.717, 1.165) is 5.57 Å². The Labute approximate surface area is 218 Å². The number of carbonyl (C=O) groups excluding carboxylic acids is 4. The van der Waals surface area contributed by atoms with Crippen LogP contribution in [0.15, 0.2) is 51.0 Å². The number of likely N-dealkylation sites (tertiary alicyclic amines) is 1. The van der Waals surface area contributed by atoms with Gasteiger partial charge >= 0.3 is 0 Å². The SMILES string of the molecule is COc1cc(C2C3=CCC4C(=O)N(C(C)(C)C)C(=O)C4C3CC3=C2C(=O)C(C)=CC3=O)cc(Br)c1O. The number of amides is 2. The molecular weight excluding hydrogens is 526 g/mol. The second-order valence-electron chi connectivity index (χ2n) is 11.0. The molecule has 1 aromatic rings. The van der Waals surface area contributed by atoms with Crippen molar-refractivity contribution in [2.75, 3.05) is 7.11 Å². The molecule has 4 aliphatic rings. The van der Waals surface area contributed by atoms with Crippen LogP contribution in [0.3, 0.4) is 0 Å². The van der Waals surface area contributed by atoms with E-state index in [9.17, 15) is 24.3 Å². The van der Waals surface area contributed by atoms with E-state index in [-0.39, 0.29) is 41.3 Å². The zero-order chi connectivity index (χ0) is 26.3. The molecule has 1 saturated heterocycles. The summed E-state index contributed by atoms with van der Waals surface area (Å²) in [6.07, 6.45) is 3.97. The summed E-state index contributed by atoms with van der Waals surface area (Å²) in [7, 11) is 1.44. The Morgan fingerprint density at radius 2 is 1.78 bits per heavy atom. The predicted molar refractivity (Wildman–Crippen MR) is 135 cm³/mol. The van der Waals surface area contributed by atoms with Gasteiger partial charge in [0.1, 0.15) is 0 Å². The second-order valence-corrected chi connectivity index (χ2v) is 11.8. The van der Waals surface area contributed by atoms with Crippen molar-refractivity contribution in [1.82, 2.24) is 4.90 Å². The number of halogens is 1. The van der Waals surface area contributed by atoms with Crippen molar-refractivity contribution in [2.45, 2.75) is 52.0 Å². The topological polar surface area (TPSA) is 101 Å². The number of carbonyl (C=O) groups is 4. The molecule has 0 aromatic heterocycles. The van der Waals surface area contributed by atoms with Gasteiger partial charge in [-0.2, -0.15) is 0 Å². The van der Waals surface area contributed by atoms with Gasteiger partial charge < -0.3 is 9.84 Å². The van der Waals surface area contributed by atoms with Gasteiger partial charge in [-0.05, 0) is 86.2 Å². The Morgan fingerprint density at radius 3 is 2.42 bits per heavy atom. The first-order chi connectivity index (χ1) is 16.9. The van der Waals surface area contributed by atoms with Crippen LogP contribution >= 0.6 is 15.9 Å². The van der Waals surface area contributed by atoms with Crippen molar-refractivity contribution in [3.8, 4) is 11.5 Å². The maximum Gasteiger partial charge on any atom is 0.234 e. The lowest BCUT2D eigenvalue weighted by Gasteiger charge is -2.42. The summed E-state index contributed by atoms with van der Waals surface area (Å²) < 4.78 is 5.76. The number of aromatic hydroxyl groups is 1. The summed E-state index contributed by atoms with van der Waals surface area (Å²) in [4.78, 5) is 55.0. The summed E-state index contributed by atoms with van der Waals surface area (Å²) >= 11 is 3.38. The molecule has 7 nitrogen and oxygen atoms in total. The van der Waals surface area contributed by atoms with Gasteiger partial charge in [-0.15, -0.1) is 0 Å². The van der Waals surface area contributed by atoms with Gasteiger partial charge in [0, 0.05) is 28.2 Å². The van der Waals surface area contributed by atoms with Gasteiger partial charge in [0.15, 0.2) is 23.1 Å². The number of allylic oxidation sites excluding steroid dienone is 6. The number of nitrogens with zero attached hydrogens (tertiary/aromatic N) is 1. The van der Waals surface area contributed by atoms with Crippen molar-refractivity contribution in [3.05, 3.63) is 56.6 Å². The number of Topliss-reactive ketones (excluding diaryl/α,β-unsaturated/α-hetero) is 1. The summed E-state index contributed by atoms with van der Waals surface area (Å²) in [6, 6.07) is 3.39. The van der Waals surface area contributed by atoms with E-state index in [1.807, 2.05) is 26.8 Å². The molecule has 1 aliphatic heterocycles. The standard InChI is InChI=1S/C28H28BrNO6/c1-12-8-19(31)17-11-16-14(6-7-15-22(16)27(35)30(26(15)34)28(2,3)4)21(23(17)24(12)32)13-9-18(29)25(33)20(10-13)36-5/h6,8-10,15-16,21-22,33H,7,11H2,1-5H3. The number of hydrogen-bond acceptors (Lipinski definition) is 6. The third kappa shape index (κ3) is 3.44. The molecule has 0 saturated carbocycles. The highest BCUT2D eigenvalue weighted by molar-refractivity contribution is 9.10. The number of fused-ring (bicyclic) bond motifs is 3. The summed E-state index contributed by atoms with van der Waals surface area (Å²) in [5, 5.41) is 10.4. The zero-order valence-electron chi connectivity index (χ0n) is 20.8. The number of ether oxygens (including phenoxy) is 1. The maximum absolute atomic E-state index is 13.7. The van der Waals surface area contributed by atoms with Crippen molar-refractivity contribution in [3.63, 3.8) is 0 Å². The lowest BCUT2D eigenvalue weighted by Crippen LogP contribution is -2.46. The monoisotopic (exact) mass is 553 g/mol. The van der Waals surface area contributed by atoms with Crippen LogP contribution in [0.2, 0.25) is 0 Å². The highest BCUT2D eigenvalue weighted by Gasteiger charge is 2.58. The van der Waals surface area contributed by atoms with E-state index in [2.05, 4.69) is 15.9 Å². The first kappa shape index (κ1) is 24.7. The van der Waals surface area contributed by atoms with E-state index in [4.69, 9.17) is 4.74 Å². The lowest BCUT2D eigenvalue weighted by atomic mass is 9.59. The molecule has 1 N–H and O–H groups in total. The van der Waals surface area contributed by atoms with Gasteiger partial charge in [-0.3, -0.25) is 24.1 Å². The van der Waals surface area contributed by atoms with Crippen LogP contribution < -0.4 is 4.74 Å². The molecule has 0 bridgehead atoms. The molecule has 3 aliphatic carbocycles. The van der Waals surface area contributed by atoms with Gasteiger partial charge in [-0.1, -0.05) is 11.6 Å². The highest BCUT2D eigenvalue weighted by atomic mass is 79.9. The second kappa shape index (κ2) is 8.26. The fourth-order valence-electron chi connectivity index (χ4n) is 6.32. The molecule has 8 heteroatoms. The summed E-state index contributed by atoms with van der Waals surface area (Å²) in [5.74, 6) is -2.75. The van der Waals surface area contributed by atoms with Gasteiger partial charge in [0.05, 0.1) is 23.4 Å². The minimum absolute atomic E-state index is 0.0694. The normalized spacial score (nSPS) is 28.0. The Balaban J connectivity index is 1.72. The maximum atomic E-state index is 13.7. The molecule has 2 amide bonds. The fraction of sp³-hybridized carbons (Fsp3) is 0.429. The number of methoxy groups -OCH3 is 1. The zero-order valence-corrected chi connectivity index (χ0v) is 22.4. The molecule has 1 heterocycles. The number of ketones is 2. The molecule has 36 heavy (non-hydrogen) atoms. The third-order valence-electron chi connectivity index (χ3n) is 7.84. The van der Waals surface area contributed by atoms with Crippen molar-refractivity contribution in [2.24, 2.45) is 17.8 Å². The molecule has 4 unspecified atom stereocenters. The predicted octanol–water partition coefficient (Wildman–Crippen LogP) is 4.39. The summed E-state index contributed by atoms with van der Waals surface area (Å²) in [5.41, 5.74) is 2.05. The van der Waals surface area contributed by atoms with Crippen LogP contribution in [0, 0.1) is 17.8 Å². The van der Waals surface area contributed by atoms with Crippen molar-refractivity contribution in [1.29, 1.82) is 0 Å². The van der Waals surface area contributed by atoms with Gasteiger partial charge in [0.2, 0.25) is 11.8 Å². The largest absolute Gasteiger partial charge is 0.503 e. The van der Waals surface area contributed by atoms with Gasteiger partial charge in [-0.25, -0.2) is 0 Å². The molecule has 5 rings (SSSR count). The van der Waals surface area contributed by atoms with Crippen LogP contribution in [0.1, 0.15) is 52.0 Å². The molecule has 0 spiro atoms. The Bertz CT molecular complexity index is 1340. The number of hydrogen-bond donors (Lipinski definition) is 1. The average Bonchev–Trinajstić information content (AvgIpc) is 3.08. The number of rotatable bonds is 2. The van der Waals surface area contributed by atoms with Crippen LogP contribution in [0.25, 0.3) is 0 Å². The molecular formula is C28H28BrNO6. The van der Waals surface area contributed by atoms with E-state index >= 15 is 0 Å². The molecule has 1 aromatic carbocycles. The lowest BCUT2D eigenvalue weighted by molar-refractivity contribution is -0.145. The van der Waals surface area contributed by atoms with Crippen molar-refractivity contribution < 1.29 is 29.0 Å². The highest BCUT2D eigenvalue weighted by Crippen LogP contribution is 2.56. The van der Waals surface area contributed by atoms with E-state index in [1.54, 1.807) is 19.1 Å². The molecule has 1 fully saturated rings. The minimum Gasteiger partial charge on any atom is -0.503 e. The first-order valence-corrected chi connectivity index (χ1v) is 12.8. The van der Waals surface area contributed by atoms with Crippen LogP contribution in [0.5, 0.6) is 11.5 Å². The quantitative estimate of drug-likeness (QED) is 0.331. The van der Waals surface area contributed by atoms with Crippen LogP contribution in [-0.2, 0) is 19.2 Å². The van der Waals surface area contributed by atoms with E-state index in [0.29, 0.717) is 33.2 Å². The fourth-order valence-corrected chi connectivity index (χ4v) is 6.78. The first-order valence-electron chi connectivity index (χ1n) is 12.0. The Morgan fingerprint density at radius 1 is 1.08 bits per heavy atom. The Hall–Kier alpha value is -3.00. The molecule has 188 valence electrons. The third-order valence-corrected chi connectivity index (χ3v) is 8.44. The molecule has 0 radical (unpaired) electrons. The van der Waals surface area contributed by atoms with E-state index < -0.39 is 29.2 Å². The number of benzene rings is 1. The number of imide groups is 1. The van der Waals surface area contributed by atoms with Crippen LogP contribution in [0.4, 0.5) is 0 Å². The van der Waals surface area contributed by atoms with Crippen molar-refractivity contribution >= 4 is 39.3 Å². The minimum atomic E-state index is -0.657. The Kier molecular flexibility index (Phi) is 5.67. The van der Waals surface area contributed by atoms with E-state index in [1.165, 1.54) is 18.1 Å². The van der Waals surface area contributed by atoms with Crippen LogP contribution in [-0.4, -0.2) is 46.0 Å². The summed E-state index contributed by atoms with van der Waals surface area (Å²) in [6.45, 7) is 7.16. The number of phenolic OH excluding ortho intramolecular Hbond substituents is 1. The molecule has 4 atom stereocenters. The van der Waals surface area contributed by atoms with Gasteiger partial charge in [0.25, 0.3) is 0 Å².